The third-order valence-electron chi connectivity index (χ3n) is 3.32. The summed E-state index contributed by atoms with van der Waals surface area (Å²) in [5, 5.41) is 3.35. The first kappa shape index (κ1) is 11.5. The molecule has 2 atom stereocenters. The van der Waals surface area contributed by atoms with Crippen molar-refractivity contribution in [3.63, 3.8) is 0 Å². The Kier molecular flexibility index (Phi) is 3.54. The number of rotatable bonds is 2. The molecule has 1 aromatic carbocycles. The average molecular weight is 225 g/mol. The van der Waals surface area contributed by atoms with Gasteiger partial charge in [0, 0.05) is 11.6 Å². The van der Waals surface area contributed by atoms with Gasteiger partial charge in [-0.1, -0.05) is 6.07 Å². The van der Waals surface area contributed by atoms with Crippen LogP contribution in [0, 0.1) is 17.6 Å². The average Bonchev–Trinajstić information content (AvgIpc) is 2.26. The Labute approximate surface area is 94.9 Å². The number of benzene rings is 1. The lowest BCUT2D eigenvalue weighted by atomic mass is 9.89. The van der Waals surface area contributed by atoms with Gasteiger partial charge in [-0.15, -0.1) is 0 Å². The smallest absolute Gasteiger partial charge is 0.129 e. The minimum atomic E-state index is -0.418. The van der Waals surface area contributed by atoms with Gasteiger partial charge in [0.25, 0.3) is 0 Å². The summed E-state index contributed by atoms with van der Waals surface area (Å²) in [5.74, 6) is -0.486. The van der Waals surface area contributed by atoms with Crippen molar-refractivity contribution in [2.45, 2.75) is 32.2 Å². The van der Waals surface area contributed by atoms with Crippen LogP contribution in [0.15, 0.2) is 18.2 Å². The summed E-state index contributed by atoms with van der Waals surface area (Å²) in [6, 6.07) is 4.60. The molecule has 3 heteroatoms. The molecule has 1 N–H and O–H groups in total. The molecular weight excluding hydrogens is 208 g/mol. The molecule has 1 fully saturated rings. The van der Waals surface area contributed by atoms with Gasteiger partial charge in [0.15, 0.2) is 0 Å². The molecule has 2 unspecified atom stereocenters. The molecule has 1 heterocycles. The predicted octanol–water partition coefficient (Wildman–Crippen LogP) is 2.90. The standard InChI is InChI=1S/C13H17F2N/c1-9-5-6-10(8-16-9)7-11-12(14)3-2-4-13(11)15/h2-4,9-10,16H,5-8H2,1H3. The lowest BCUT2D eigenvalue weighted by molar-refractivity contribution is 0.317. The summed E-state index contributed by atoms with van der Waals surface area (Å²) in [6.45, 7) is 2.99. The van der Waals surface area contributed by atoms with Crippen LogP contribution in [0.1, 0.15) is 25.3 Å². The van der Waals surface area contributed by atoms with Crippen LogP contribution in [0.3, 0.4) is 0 Å². The fraction of sp³-hybridized carbons (Fsp3) is 0.538. The number of nitrogens with one attached hydrogen (secondary N) is 1. The van der Waals surface area contributed by atoms with Crippen molar-refractivity contribution < 1.29 is 8.78 Å². The molecule has 0 saturated carbocycles. The number of piperidine rings is 1. The third-order valence-corrected chi connectivity index (χ3v) is 3.32. The van der Waals surface area contributed by atoms with E-state index in [2.05, 4.69) is 12.2 Å². The number of halogens is 2. The van der Waals surface area contributed by atoms with Crippen molar-refractivity contribution in [3.8, 4) is 0 Å². The summed E-state index contributed by atoms with van der Waals surface area (Å²) in [4.78, 5) is 0. The summed E-state index contributed by atoms with van der Waals surface area (Å²) in [5.41, 5.74) is 0.240. The van der Waals surface area contributed by atoms with E-state index in [4.69, 9.17) is 0 Å². The zero-order valence-corrected chi connectivity index (χ0v) is 9.47. The van der Waals surface area contributed by atoms with Crippen LogP contribution in [0.2, 0.25) is 0 Å². The first-order chi connectivity index (χ1) is 7.66. The highest BCUT2D eigenvalue weighted by atomic mass is 19.1. The molecule has 1 aromatic rings. The summed E-state index contributed by atoms with van der Waals surface area (Å²) in [6.07, 6.45) is 2.63. The third kappa shape index (κ3) is 2.59. The molecule has 1 aliphatic rings. The largest absolute Gasteiger partial charge is 0.314 e. The Hall–Kier alpha value is -0.960. The molecule has 1 aliphatic heterocycles. The molecule has 16 heavy (non-hydrogen) atoms. The van der Waals surface area contributed by atoms with Crippen LogP contribution in [0.25, 0.3) is 0 Å². The van der Waals surface area contributed by atoms with E-state index in [-0.39, 0.29) is 5.56 Å². The minimum absolute atomic E-state index is 0.240. The summed E-state index contributed by atoms with van der Waals surface area (Å²) < 4.78 is 26.8. The zero-order chi connectivity index (χ0) is 11.5. The minimum Gasteiger partial charge on any atom is -0.314 e. The van der Waals surface area contributed by atoms with E-state index in [1.165, 1.54) is 18.2 Å². The van der Waals surface area contributed by atoms with Crippen molar-refractivity contribution in [2.24, 2.45) is 5.92 Å². The summed E-state index contributed by atoms with van der Waals surface area (Å²) in [7, 11) is 0. The second-order valence-electron chi connectivity index (χ2n) is 4.66. The van der Waals surface area contributed by atoms with Crippen molar-refractivity contribution >= 4 is 0 Å². The van der Waals surface area contributed by atoms with E-state index in [1.54, 1.807) is 0 Å². The molecule has 0 radical (unpaired) electrons. The van der Waals surface area contributed by atoms with Gasteiger partial charge in [-0.2, -0.15) is 0 Å². The highest BCUT2D eigenvalue weighted by Gasteiger charge is 2.20. The Morgan fingerprint density at radius 2 is 1.94 bits per heavy atom. The van der Waals surface area contributed by atoms with Crippen LogP contribution in [-0.2, 0) is 6.42 Å². The Balaban J connectivity index is 2.04. The van der Waals surface area contributed by atoms with E-state index < -0.39 is 11.6 Å². The lowest BCUT2D eigenvalue weighted by Gasteiger charge is -2.27. The normalized spacial score (nSPS) is 25.7. The molecule has 2 rings (SSSR count). The zero-order valence-electron chi connectivity index (χ0n) is 9.47. The van der Waals surface area contributed by atoms with Gasteiger partial charge in [-0.25, -0.2) is 8.78 Å². The van der Waals surface area contributed by atoms with Gasteiger partial charge in [-0.05, 0) is 50.8 Å². The van der Waals surface area contributed by atoms with Gasteiger partial charge < -0.3 is 5.32 Å². The Morgan fingerprint density at radius 3 is 2.50 bits per heavy atom. The van der Waals surface area contributed by atoms with Crippen LogP contribution < -0.4 is 5.32 Å². The van der Waals surface area contributed by atoms with Gasteiger partial charge in [0.1, 0.15) is 11.6 Å². The molecule has 0 amide bonds. The second kappa shape index (κ2) is 4.91. The molecule has 88 valence electrons. The Morgan fingerprint density at radius 1 is 1.25 bits per heavy atom. The SMILES string of the molecule is CC1CCC(Cc2c(F)cccc2F)CN1. The van der Waals surface area contributed by atoms with Crippen molar-refractivity contribution in [2.75, 3.05) is 6.54 Å². The molecule has 1 saturated heterocycles. The van der Waals surface area contributed by atoms with Crippen LogP contribution >= 0.6 is 0 Å². The first-order valence-corrected chi connectivity index (χ1v) is 5.83. The van der Waals surface area contributed by atoms with Crippen LogP contribution in [-0.4, -0.2) is 12.6 Å². The van der Waals surface area contributed by atoms with E-state index in [1.807, 2.05) is 0 Å². The van der Waals surface area contributed by atoms with Crippen LogP contribution in [0.4, 0.5) is 8.78 Å². The maximum absolute atomic E-state index is 13.4. The molecule has 1 nitrogen and oxygen atoms in total. The number of hydrogen-bond acceptors (Lipinski definition) is 1. The quantitative estimate of drug-likeness (QED) is 0.816. The predicted molar refractivity (Wildman–Crippen MR) is 60.3 cm³/mol. The Bertz CT molecular complexity index is 337. The van der Waals surface area contributed by atoms with Crippen molar-refractivity contribution in [1.82, 2.24) is 5.32 Å². The highest BCUT2D eigenvalue weighted by molar-refractivity contribution is 5.20. The van der Waals surface area contributed by atoms with E-state index in [0.29, 0.717) is 18.4 Å². The molecular formula is C13H17F2N. The molecule has 0 aromatic heterocycles. The maximum atomic E-state index is 13.4. The van der Waals surface area contributed by atoms with Crippen molar-refractivity contribution in [1.29, 1.82) is 0 Å². The molecule has 0 bridgehead atoms. The number of hydrogen-bond donors (Lipinski definition) is 1. The van der Waals surface area contributed by atoms with Gasteiger partial charge >= 0.3 is 0 Å². The maximum Gasteiger partial charge on any atom is 0.129 e. The van der Waals surface area contributed by atoms with E-state index in [0.717, 1.165) is 19.4 Å². The topological polar surface area (TPSA) is 12.0 Å². The van der Waals surface area contributed by atoms with Crippen LogP contribution in [0.5, 0.6) is 0 Å². The first-order valence-electron chi connectivity index (χ1n) is 5.83. The summed E-state index contributed by atoms with van der Waals surface area (Å²) >= 11 is 0. The molecule has 0 aliphatic carbocycles. The fourth-order valence-electron chi connectivity index (χ4n) is 2.25. The van der Waals surface area contributed by atoms with Gasteiger partial charge in [0.2, 0.25) is 0 Å². The van der Waals surface area contributed by atoms with Gasteiger partial charge in [0.05, 0.1) is 0 Å². The monoisotopic (exact) mass is 225 g/mol. The highest BCUT2D eigenvalue weighted by Crippen LogP contribution is 2.22. The fourth-order valence-corrected chi connectivity index (χ4v) is 2.25. The second-order valence-corrected chi connectivity index (χ2v) is 4.66. The van der Waals surface area contributed by atoms with E-state index >= 15 is 0 Å². The van der Waals surface area contributed by atoms with Crippen molar-refractivity contribution in [3.05, 3.63) is 35.4 Å². The lowest BCUT2D eigenvalue weighted by Crippen LogP contribution is -2.37. The van der Waals surface area contributed by atoms with E-state index in [9.17, 15) is 8.78 Å². The van der Waals surface area contributed by atoms with Gasteiger partial charge in [-0.3, -0.25) is 0 Å². The molecule has 0 spiro atoms.